The van der Waals surface area contributed by atoms with Gasteiger partial charge in [0.25, 0.3) is 5.91 Å². The highest BCUT2D eigenvalue weighted by Gasteiger charge is 2.30. The average Bonchev–Trinajstić information content (AvgIpc) is 2.91. The highest BCUT2D eigenvalue weighted by molar-refractivity contribution is 7.85. The number of rotatable bonds is 9. The molecule has 0 saturated heterocycles. The average molecular weight is 593 g/mol. The van der Waals surface area contributed by atoms with Gasteiger partial charge in [-0.25, -0.2) is 18.2 Å². The maximum Gasteiger partial charge on any atom is 0.336 e. The van der Waals surface area contributed by atoms with Gasteiger partial charge >= 0.3 is 5.97 Å². The molecule has 1 heterocycles. The number of fused-ring (bicyclic) bond motifs is 2. The van der Waals surface area contributed by atoms with E-state index in [0.717, 1.165) is 17.5 Å². The molecule has 0 unspecified atom stereocenters. The molecule has 0 aromatic heterocycles. The minimum absolute atomic E-state index is 0.141. The first-order chi connectivity index (χ1) is 19.8. The van der Waals surface area contributed by atoms with E-state index in [4.69, 9.17) is 4.42 Å². The number of carbonyl (C=O) groups is 2. The van der Waals surface area contributed by atoms with Crippen LogP contribution in [-0.4, -0.2) is 43.0 Å². The molecule has 2 aliphatic rings. The van der Waals surface area contributed by atoms with Gasteiger partial charge in [-0.1, -0.05) is 26.8 Å². The molecule has 0 fully saturated rings. The van der Waals surface area contributed by atoms with Crippen molar-refractivity contribution in [3.63, 3.8) is 0 Å². The fourth-order valence-electron chi connectivity index (χ4n) is 5.28. The number of hydrogen-bond acceptors (Lipinski definition) is 6. The highest BCUT2D eigenvalue weighted by Crippen LogP contribution is 2.44. The number of hydrogen-bond donors (Lipinski definition) is 3. The third kappa shape index (κ3) is 5.96. The number of benzene rings is 3. The Bertz CT molecular complexity index is 1850. The van der Waals surface area contributed by atoms with Gasteiger partial charge in [0.1, 0.15) is 22.2 Å². The van der Waals surface area contributed by atoms with Crippen LogP contribution >= 0.6 is 0 Å². The predicted molar refractivity (Wildman–Crippen MR) is 158 cm³/mol. The Morgan fingerprint density at radius 3 is 2.36 bits per heavy atom. The van der Waals surface area contributed by atoms with Crippen LogP contribution < -0.4 is 15.7 Å². The second kappa shape index (κ2) is 12.1. The smallest absolute Gasteiger partial charge is 0.336 e. The monoisotopic (exact) mass is 592 g/mol. The summed E-state index contributed by atoms with van der Waals surface area (Å²) in [4.78, 5) is 27.9. The molecule has 0 saturated carbocycles. The number of aromatic carboxylic acids is 1. The first kappa shape index (κ1) is 30.9. The van der Waals surface area contributed by atoms with Gasteiger partial charge in [0.2, 0.25) is 5.36 Å². The summed E-state index contributed by atoms with van der Waals surface area (Å²) in [5.41, 5.74) is 3.67. The van der Waals surface area contributed by atoms with Crippen LogP contribution in [0.15, 0.2) is 45.7 Å². The van der Waals surface area contributed by atoms with Gasteiger partial charge < -0.3 is 19.4 Å². The van der Waals surface area contributed by atoms with E-state index in [1.165, 1.54) is 6.07 Å². The van der Waals surface area contributed by atoms with E-state index in [9.17, 15) is 27.7 Å². The van der Waals surface area contributed by atoms with Crippen LogP contribution in [0.2, 0.25) is 0 Å². The van der Waals surface area contributed by atoms with Crippen molar-refractivity contribution in [1.29, 1.82) is 0 Å². The topological polar surface area (TPSA) is 151 Å². The largest absolute Gasteiger partial charge is 0.744 e. The first-order valence-electron chi connectivity index (χ1n) is 14.0. The van der Waals surface area contributed by atoms with Crippen molar-refractivity contribution >= 4 is 33.0 Å². The summed E-state index contributed by atoms with van der Waals surface area (Å²) in [7, 11) is -5.03. The van der Waals surface area contributed by atoms with Crippen molar-refractivity contribution < 1.29 is 37.1 Å². The maximum atomic E-state index is 12.9. The van der Waals surface area contributed by atoms with Crippen LogP contribution in [0.1, 0.15) is 71.5 Å². The second-order valence-electron chi connectivity index (χ2n) is 10.9. The van der Waals surface area contributed by atoms with E-state index in [0.29, 0.717) is 47.5 Å². The lowest BCUT2D eigenvalue weighted by atomic mass is 9.88. The molecule has 0 spiro atoms. The zero-order chi connectivity index (χ0) is 30.9. The minimum atomic E-state index is -5.03. The minimum Gasteiger partial charge on any atom is -0.744 e. The quantitative estimate of drug-likeness (QED) is 0.198. The van der Waals surface area contributed by atoms with Crippen molar-refractivity contribution in [2.45, 2.75) is 59.3 Å². The van der Waals surface area contributed by atoms with E-state index >= 15 is 0 Å². The second-order valence-corrected chi connectivity index (χ2v) is 12.2. The van der Waals surface area contributed by atoms with Gasteiger partial charge in [0.15, 0.2) is 10.7 Å². The Morgan fingerprint density at radius 2 is 1.76 bits per heavy atom. The van der Waals surface area contributed by atoms with E-state index in [1.807, 2.05) is 33.8 Å². The van der Waals surface area contributed by atoms with Gasteiger partial charge in [-0.15, -0.1) is 0 Å². The number of carboxylic acids is 1. The Kier molecular flexibility index (Phi) is 8.89. The molecule has 4 rings (SSSR count). The molecular weight excluding hydrogens is 556 g/mol. The molecule has 9 nitrogen and oxygen atoms in total. The third-order valence-electron chi connectivity index (χ3n) is 7.40. The molecule has 2 aromatic rings. The lowest BCUT2D eigenvalue weighted by Gasteiger charge is -2.21. The first-order valence-corrected chi connectivity index (χ1v) is 15.4. The molecule has 0 bridgehead atoms. The normalized spacial score (nSPS) is 12.4. The van der Waals surface area contributed by atoms with Crippen LogP contribution in [0.5, 0.6) is 0 Å². The van der Waals surface area contributed by atoms with Crippen molar-refractivity contribution in [3.05, 3.63) is 69.6 Å². The summed E-state index contributed by atoms with van der Waals surface area (Å²) < 4.78 is 44.3. The summed E-state index contributed by atoms with van der Waals surface area (Å²) >= 11 is 0. The van der Waals surface area contributed by atoms with Gasteiger partial charge in [0, 0.05) is 34.2 Å². The number of carboxylic acid groups (broad SMARTS) is 1. The summed E-state index contributed by atoms with van der Waals surface area (Å²) in [6.07, 6.45) is 1.45. The van der Waals surface area contributed by atoms with E-state index < -0.39 is 26.9 Å². The number of amides is 1. The molecule has 0 atom stereocenters. The molecular formula is C32H36N2O7S. The van der Waals surface area contributed by atoms with Gasteiger partial charge in [-0.2, -0.15) is 0 Å². The van der Waals surface area contributed by atoms with E-state index in [1.54, 1.807) is 38.1 Å². The van der Waals surface area contributed by atoms with Gasteiger partial charge in [-0.3, -0.25) is 4.79 Å². The SMILES string of the molecule is CC[NH+]=c1c(C)cc2c(-c3ccc(C(=O)NCCC(C)C)cc3C(=O)O)c3cc(C)c(CC)cc3oc-2c1S(=O)(=O)[O-]. The zero-order valence-electron chi connectivity index (χ0n) is 24.7. The molecule has 2 aromatic carbocycles. The van der Waals surface area contributed by atoms with E-state index in [2.05, 4.69) is 10.3 Å². The van der Waals surface area contributed by atoms with Crippen LogP contribution in [0, 0.1) is 19.8 Å². The Hall–Kier alpha value is -4.02. The highest BCUT2D eigenvalue weighted by atomic mass is 32.2. The van der Waals surface area contributed by atoms with Crippen LogP contribution in [0.4, 0.5) is 0 Å². The van der Waals surface area contributed by atoms with Crippen LogP contribution in [0.3, 0.4) is 0 Å². The predicted octanol–water partition coefficient (Wildman–Crippen LogP) is 3.76. The lowest BCUT2D eigenvalue weighted by molar-refractivity contribution is -0.498. The molecule has 222 valence electrons. The summed E-state index contributed by atoms with van der Waals surface area (Å²) in [5, 5.41) is 13.8. The van der Waals surface area contributed by atoms with Crippen molar-refractivity contribution in [1.82, 2.24) is 5.32 Å². The Labute approximate surface area is 245 Å². The Morgan fingerprint density at radius 1 is 1.05 bits per heavy atom. The number of nitrogens with one attached hydrogen (secondary N) is 2. The molecule has 1 aliphatic heterocycles. The van der Waals surface area contributed by atoms with Gasteiger partial charge in [0.05, 0.1) is 5.56 Å². The fraction of sp³-hybridized carbons (Fsp3) is 0.344. The standard InChI is InChI=1S/C32H36N2O7S/c1-7-20-16-26-24(13-18(20)5)27(25-14-19(6)28(33-8-2)30(29(25)41-26)42(38,39)40)22-10-9-21(15-23(22)32(36)37)31(35)34-12-11-17(3)4/h9-10,13-17H,7-8,11-12H2,1-6H3,(H,34,35)(H,36,37)(H,38,39,40). The fourth-order valence-corrected chi connectivity index (χ4v) is 6.15. The van der Waals surface area contributed by atoms with Crippen molar-refractivity contribution in [2.24, 2.45) is 5.92 Å². The molecule has 42 heavy (non-hydrogen) atoms. The van der Waals surface area contributed by atoms with Crippen LogP contribution in [-0.2, 0) is 16.5 Å². The molecule has 10 heteroatoms. The van der Waals surface area contributed by atoms with Crippen molar-refractivity contribution in [2.75, 3.05) is 13.1 Å². The third-order valence-corrected chi connectivity index (χ3v) is 8.28. The molecule has 1 aliphatic carbocycles. The lowest BCUT2D eigenvalue weighted by Crippen LogP contribution is -2.77. The summed E-state index contributed by atoms with van der Waals surface area (Å²) in [5.74, 6) is -1.42. The Balaban J connectivity index is 2.14. The molecule has 1 amide bonds. The maximum absolute atomic E-state index is 12.9. The summed E-state index contributed by atoms with van der Waals surface area (Å²) in [6, 6.07) is 9.79. The van der Waals surface area contributed by atoms with Crippen LogP contribution in [0.25, 0.3) is 33.4 Å². The number of aryl methyl sites for hydroxylation is 3. The molecule has 0 radical (unpaired) electrons. The van der Waals surface area contributed by atoms with Crippen molar-refractivity contribution in [3.8, 4) is 22.5 Å². The molecule has 3 N–H and O–H groups in total. The van der Waals surface area contributed by atoms with Gasteiger partial charge in [-0.05, 0) is 86.6 Å². The zero-order valence-corrected chi connectivity index (χ0v) is 25.5. The van der Waals surface area contributed by atoms with E-state index in [-0.39, 0.29) is 33.4 Å². The number of carbonyl (C=O) groups excluding carboxylic acids is 1. The summed E-state index contributed by atoms with van der Waals surface area (Å²) in [6.45, 7) is 12.3.